The molecule has 3 aromatic carbocycles. The van der Waals surface area contributed by atoms with Crippen LogP contribution in [-0.4, -0.2) is 33.2 Å². The Kier molecular flexibility index (Phi) is 8.57. The van der Waals surface area contributed by atoms with Gasteiger partial charge >= 0.3 is 12.1 Å². The third-order valence-corrected chi connectivity index (χ3v) is 5.72. The van der Waals surface area contributed by atoms with Crippen molar-refractivity contribution < 1.29 is 24.2 Å². The first kappa shape index (κ1) is 25.5. The summed E-state index contributed by atoms with van der Waals surface area (Å²) in [6.07, 6.45) is 1.19. The number of ether oxygens (including phenoxy) is 2. The molecule has 8 nitrogen and oxygen atoms in total. The first-order valence-electron chi connectivity index (χ1n) is 11.8. The molecule has 0 fully saturated rings. The van der Waals surface area contributed by atoms with Gasteiger partial charge in [0.1, 0.15) is 12.4 Å². The zero-order valence-electron chi connectivity index (χ0n) is 20.3. The molecule has 0 saturated heterocycles. The largest absolute Gasteiger partial charge is 0.479 e. The lowest BCUT2D eigenvalue weighted by Gasteiger charge is -2.16. The third kappa shape index (κ3) is 7.22. The quantitative estimate of drug-likeness (QED) is 0.291. The first-order valence-corrected chi connectivity index (χ1v) is 11.8. The maximum Gasteiger partial charge on any atom is 0.412 e. The Morgan fingerprint density at radius 2 is 1.59 bits per heavy atom. The predicted molar refractivity (Wildman–Crippen MR) is 139 cm³/mol. The van der Waals surface area contributed by atoms with Gasteiger partial charge in [-0.1, -0.05) is 84.9 Å². The van der Waals surface area contributed by atoms with Gasteiger partial charge in [-0.3, -0.25) is 5.32 Å². The van der Waals surface area contributed by atoms with Gasteiger partial charge in [0.2, 0.25) is 0 Å². The van der Waals surface area contributed by atoms with Crippen molar-refractivity contribution in [2.75, 3.05) is 5.32 Å². The second-order valence-electron chi connectivity index (χ2n) is 8.39. The number of rotatable bonds is 10. The van der Waals surface area contributed by atoms with E-state index in [2.05, 4.69) is 15.3 Å². The van der Waals surface area contributed by atoms with Gasteiger partial charge in [0.15, 0.2) is 6.10 Å². The summed E-state index contributed by atoms with van der Waals surface area (Å²) < 4.78 is 11.2. The minimum atomic E-state index is -1.01. The molecule has 0 saturated carbocycles. The highest BCUT2D eigenvalue weighted by atomic mass is 16.6. The van der Waals surface area contributed by atoms with Crippen LogP contribution in [0, 0.1) is 0 Å². The molecular formula is C29H27N3O5. The van der Waals surface area contributed by atoms with Crippen LogP contribution in [0.4, 0.5) is 10.5 Å². The van der Waals surface area contributed by atoms with Crippen LogP contribution in [0.2, 0.25) is 0 Å². The van der Waals surface area contributed by atoms with Crippen molar-refractivity contribution in [3.05, 3.63) is 114 Å². The SMILES string of the molecule is CC(OC(=O)Nc1cncnc1-c1ccc(COC(Cc2ccccc2)C(=O)O)cc1)c1ccccc1. The average molecular weight is 498 g/mol. The second kappa shape index (κ2) is 12.4. The average Bonchev–Trinajstić information content (AvgIpc) is 2.92. The van der Waals surface area contributed by atoms with Crippen molar-refractivity contribution in [1.29, 1.82) is 0 Å². The maximum atomic E-state index is 12.5. The highest BCUT2D eigenvalue weighted by Gasteiger charge is 2.19. The number of anilines is 1. The highest BCUT2D eigenvalue weighted by Crippen LogP contribution is 2.26. The minimum absolute atomic E-state index is 0.142. The lowest BCUT2D eigenvalue weighted by atomic mass is 10.1. The van der Waals surface area contributed by atoms with E-state index in [1.807, 2.05) is 84.9 Å². The zero-order valence-corrected chi connectivity index (χ0v) is 20.3. The van der Waals surface area contributed by atoms with Gasteiger partial charge < -0.3 is 14.6 Å². The molecule has 188 valence electrons. The summed E-state index contributed by atoms with van der Waals surface area (Å²) in [6.45, 7) is 1.94. The van der Waals surface area contributed by atoms with E-state index in [1.165, 1.54) is 12.5 Å². The van der Waals surface area contributed by atoms with E-state index in [-0.39, 0.29) is 13.0 Å². The fourth-order valence-electron chi connectivity index (χ4n) is 3.74. The Bertz CT molecular complexity index is 1310. The van der Waals surface area contributed by atoms with Gasteiger partial charge in [-0.15, -0.1) is 0 Å². The van der Waals surface area contributed by atoms with Crippen molar-refractivity contribution in [2.24, 2.45) is 0 Å². The number of hydrogen-bond acceptors (Lipinski definition) is 6. The van der Waals surface area contributed by atoms with Crippen LogP contribution >= 0.6 is 0 Å². The van der Waals surface area contributed by atoms with Crippen LogP contribution in [-0.2, 0) is 27.3 Å². The Labute approximate surface area is 214 Å². The Morgan fingerprint density at radius 1 is 0.919 bits per heavy atom. The number of hydrogen-bond donors (Lipinski definition) is 2. The number of carbonyl (C=O) groups is 2. The van der Waals surface area contributed by atoms with Crippen LogP contribution in [0.5, 0.6) is 0 Å². The second-order valence-corrected chi connectivity index (χ2v) is 8.39. The molecule has 0 spiro atoms. The fraction of sp³-hybridized carbons (Fsp3) is 0.172. The number of aromatic nitrogens is 2. The molecule has 2 atom stereocenters. The number of benzene rings is 3. The van der Waals surface area contributed by atoms with Crippen LogP contribution in [0.25, 0.3) is 11.3 Å². The zero-order chi connectivity index (χ0) is 26.0. The van der Waals surface area contributed by atoms with Crippen LogP contribution in [0.3, 0.4) is 0 Å². The van der Waals surface area contributed by atoms with Gasteiger partial charge in [-0.25, -0.2) is 19.6 Å². The molecule has 0 aliphatic carbocycles. The third-order valence-electron chi connectivity index (χ3n) is 5.72. The van der Waals surface area contributed by atoms with Crippen molar-refractivity contribution in [1.82, 2.24) is 9.97 Å². The lowest BCUT2D eigenvalue weighted by molar-refractivity contribution is -0.151. The monoisotopic (exact) mass is 497 g/mol. The maximum absolute atomic E-state index is 12.5. The number of carboxylic acids is 1. The summed E-state index contributed by atoms with van der Waals surface area (Å²) in [4.78, 5) is 32.5. The molecule has 4 aromatic rings. The molecule has 2 unspecified atom stereocenters. The van der Waals surface area contributed by atoms with Gasteiger partial charge in [-0.2, -0.15) is 0 Å². The van der Waals surface area contributed by atoms with E-state index in [0.717, 1.165) is 22.3 Å². The summed E-state index contributed by atoms with van der Waals surface area (Å²) in [5.41, 5.74) is 4.27. The lowest BCUT2D eigenvalue weighted by Crippen LogP contribution is -2.26. The molecule has 8 heteroatoms. The van der Waals surface area contributed by atoms with Crippen molar-refractivity contribution in [3.8, 4) is 11.3 Å². The molecule has 2 N–H and O–H groups in total. The van der Waals surface area contributed by atoms with E-state index in [4.69, 9.17) is 9.47 Å². The van der Waals surface area contributed by atoms with Crippen LogP contribution in [0.15, 0.2) is 97.5 Å². The van der Waals surface area contributed by atoms with E-state index in [0.29, 0.717) is 11.4 Å². The summed E-state index contributed by atoms with van der Waals surface area (Å²) in [5, 5.41) is 12.3. The summed E-state index contributed by atoms with van der Waals surface area (Å²) in [6, 6.07) is 26.1. The molecule has 1 heterocycles. The molecule has 0 bridgehead atoms. The Morgan fingerprint density at radius 3 is 2.27 bits per heavy atom. The Balaban J connectivity index is 1.39. The topological polar surface area (TPSA) is 111 Å². The van der Waals surface area contributed by atoms with Crippen molar-refractivity contribution >= 4 is 17.7 Å². The molecule has 1 amide bonds. The van der Waals surface area contributed by atoms with E-state index in [1.54, 1.807) is 6.92 Å². The smallest absolute Gasteiger partial charge is 0.412 e. The normalized spacial score (nSPS) is 12.4. The molecule has 0 radical (unpaired) electrons. The van der Waals surface area contributed by atoms with Crippen molar-refractivity contribution in [3.63, 3.8) is 0 Å². The number of nitrogens with one attached hydrogen (secondary N) is 1. The number of carboxylic acid groups (broad SMARTS) is 1. The van der Waals surface area contributed by atoms with Crippen molar-refractivity contribution in [2.45, 2.75) is 32.2 Å². The molecular weight excluding hydrogens is 470 g/mol. The molecule has 1 aromatic heterocycles. The van der Waals surface area contributed by atoms with Crippen LogP contribution in [0.1, 0.15) is 29.7 Å². The first-order chi connectivity index (χ1) is 18.0. The van der Waals surface area contributed by atoms with Crippen LogP contribution < -0.4 is 5.32 Å². The summed E-state index contributed by atoms with van der Waals surface area (Å²) in [7, 11) is 0. The molecule has 37 heavy (non-hydrogen) atoms. The molecule has 0 aliphatic rings. The van der Waals surface area contributed by atoms with E-state index < -0.39 is 24.3 Å². The molecule has 0 aliphatic heterocycles. The summed E-state index contributed by atoms with van der Waals surface area (Å²) in [5.74, 6) is -1.01. The van der Waals surface area contributed by atoms with E-state index >= 15 is 0 Å². The number of aliphatic carboxylic acids is 1. The van der Waals surface area contributed by atoms with Gasteiger partial charge in [0, 0.05) is 12.0 Å². The number of amides is 1. The predicted octanol–water partition coefficient (Wildman–Crippen LogP) is 5.67. The highest BCUT2D eigenvalue weighted by molar-refractivity contribution is 5.89. The van der Waals surface area contributed by atoms with Gasteiger partial charge in [0.25, 0.3) is 0 Å². The van der Waals surface area contributed by atoms with Gasteiger partial charge in [0.05, 0.1) is 24.2 Å². The molecule has 4 rings (SSSR count). The Hall–Kier alpha value is -4.56. The number of nitrogens with zero attached hydrogens (tertiary/aromatic N) is 2. The minimum Gasteiger partial charge on any atom is -0.479 e. The fourth-order valence-corrected chi connectivity index (χ4v) is 3.74. The van der Waals surface area contributed by atoms with E-state index in [9.17, 15) is 14.7 Å². The number of carbonyl (C=O) groups excluding carboxylic acids is 1. The van der Waals surface area contributed by atoms with Gasteiger partial charge in [-0.05, 0) is 23.6 Å². The summed E-state index contributed by atoms with van der Waals surface area (Å²) >= 11 is 0. The standard InChI is InChI=1S/C29H27N3O5/c1-20(23-10-6-3-7-11-23)37-29(35)32-25-17-30-19-31-27(25)24-14-12-22(13-15-24)18-36-26(28(33)34)16-21-8-4-2-5-9-21/h2-15,17,19-20,26H,16,18H2,1H3,(H,32,35)(H,33,34).